The van der Waals surface area contributed by atoms with Crippen molar-refractivity contribution in [3.05, 3.63) is 82.1 Å². The molecule has 2 amide bonds. The molecule has 32 heavy (non-hydrogen) atoms. The fourth-order valence-electron chi connectivity index (χ4n) is 2.73. The molecule has 166 valence electrons. The normalized spacial score (nSPS) is 10.4. The van der Waals surface area contributed by atoms with Gasteiger partial charge in [0.2, 0.25) is 5.91 Å². The fraction of sp³-hybridized carbons (Fsp3) is 0.130. The number of carbonyl (C=O) groups is 2. The average Bonchev–Trinajstić information content (AvgIpc) is 2.76. The first-order valence-electron chi connectivity index (χ1n) is 9.50. The maximum absolute atomic E-state index is 13.1. The van der Waals surface area contributed by atoms with Gasteiger partial charge < -0.3 is 20.1 Å². The summed E-state index contributed by atoms with van der Waals surface area (Å²) in [5.74, 6) is 0.222. The predicted molar refractivity (Wildman–Crippen MR) is 122 cm³/mol. The van der Waals surface area contributed by atoms with Crippen LogP contribution < -0.4 is 20.1 Å². The van der Waals surface area contributed by atoms with Crippen molar-refractivity contribution in [1.82, 2.24) is 5.32 Å². The van der Waals surface area contributed by atoms with Gasteiger partial charge in [0.1, 0.15) is 17.3 Å². The Labute approximate surface area is 194 Å². The molecule has 6 nitrogen and oxygen atoms in total. The molecular weight excluding hydrogens is 458 g/mol. The Morgan fingerprint density at radius 3 is 2.38 bits per heavy atom. The smallest absolute Gasteiger partial charge is 0.252 e. The Kier molecular flexibility index (Phi) is 7.92. The van der Waals surface area contributed by atoms with Crippen molar-refractivity contribution in [3.8, 4) is 17.2 Å². The minimum atomic E-state index is -0.542. The summed E-state index contributed by atoms with van der Waals surface area (Å²) in [5.41, 5.74) is 0.504. The van der Waals surface area contributed by atoms with E-state index in [1.165, 1.54) is 6.07 Å². The lowest BCUT2D eigenvalue weighted by atomic mass is 10.2. The van der Waals surface area contributed by atoms with E-state index in [9.17, 15) is 14.0 Å². The number of anilines is 1. The Balaban J connectivity index is 1.59. The third-order valence-electron chi connectivity index (χ3n) is 4.32. The van der Waals surface area contributed by atoms with Crippen molar-refractivity contribution >= 4 is 40.7 Å². The minimum Gasteiger partial charge on any atom is -0.497 e. The van der Waals surface area contributed by atoms with E-state index in [0.717, 1.165) is 12.1 Å². The second kappa shape index (κ2) is 10.8. The maximum Gasteiger partial charge on any atom is 0.252 e. The molecule has 2 N–H and O–H groups in total. The van der Waals surface area contributed by atoms with E-state index in [0.29, 0.717) is 28.0 Å². The molecule has 0 aromatic heterocycles. The zero-order chi connectivity index (χ0) is 23.1. The predicted octanol–water partition coefficient (Wildman–Crippen LogP) is 5.69. The van der Waals surface area contributed by atoms with Crippen LogP contribution in [0.2, 0.25) is 10.0 Å². The van der Waals surface area contributed by atoms with E-state index in [1.807, 2.05) is 0 Å². The van der Waals surface area contributed by atoms with E-state index >= 15 is 0 Å². The van der Waals surface area contributed by atoms with Crippen molar-refractivity contribution in [2.45, 2.75) is 6.42 Å². The highest BCUT2D eigenvalue weighted by molar-refractivity contribution is 6.33. The van der Waals surface area contributed by atoms with Crippen molar-refractivity contribution in [2.75, 3.05) is 19.0 Å². The van der Waals surface area contributed by atoms with E-state index in [2.05, 4.69) is 10.6 Å². The number of ether oxygens (including phenoxy) is 2. The van der Waals surface area contributed by atoms with E-state index < -0.39 is 11.7 Å². The largest absolute Gasteiger partial charge is 0.497 e. The van der Waals surface area contributed by atoms with Gasteiger partial charge in [-0.25, -0.2) is 4.39 Å². The van der Waals surface area contributed by atoms with Crippen LogP contribution in [0.25, 0.3) is 0 Å². The van der Waals surface area contributed by atoms with Crippen molar-refractivity contribution < 1.29 is 23.5 Å². The zero-order valence-corrected chi connectivity index (χ0v) is 18.5. The van der Waals surface area contributed by atoms with Crippen molar-refractivity contribution in [2.24, 2.45) is 0 Å². The van der Waals surface area contributed by atoms with Crippen LogP contribution in [0.15, 0.2) is 60.7 Å². The van der Waals surface area contributed by atoms with Gasteiger partial charge in [0.15, 0.2) is 5.75 Å². The summed E-state index contributed by atoms with van der Waals surface area (Å²) in [7, 11) is 1.57. The Morgan fingerprint density at radius 2 is 1.69 bits per heavy atom. The molecule has 0 saturated carbocycles. The summed E-state index contributed by atoms with van der Waals surface area (Å²) in [6, 6.07) is 15.3. The number of carbonyl (C=O) groups excluding carboxylic acids is 2. The maximum atomic E-state index is 13.1. The minimum absolute atomic E-state index is 0.00815. The van der Waals surface area contributed by atoms with Crippen LogP contribution in [0.3, 0.4) is 0 Å². The standard InChI is InChI=1S/C23H19Cl2FN2O4/c1-31-16-4-6-17(7-5-16)32-21-9-2-14(24)12-20(21)28-22(29)10-11-27-23(30)18-8-3-15(26)13-19(18)25/h2-9,12-13H,10-11H2,1H3,(H,27,30)(H,28,29). The van der Waals surface area contributed by atoms with E-state index in [-0.39, 0.29) is 29.5 Å². The first-order valence-corrected chi connectivity index (χ1v) is 10.3. The summed E-state index contributed by atoms with van der Waals surface area (Å²) in [5, 5.41) is 5.71. The lowest BCUT2D eigenvalue weighted by molar-refractivity contribution is -0.116. The Morgan fingerprint density at radius 1 is 0.969 bits per heavy atom. The summed E-state index contributed by atoms with van der Waals surface area (Å²) < 4.78 is 24.1. The molecule has 0 atom stereocenters. The molecule has 0 spiro atoms. The number of hydrogen-bond acceptors (Lipinski definition) is 4. The lowest BCUT2D eigenvalue weighted by Crippen LogP contribution is -2.28. The molecular formula is C23H19Cl2FN2O4. The van der Waals surface area contributed by atoms with Gasteiger partial charge in [-0.2, -0.15) is 0 Å². The number of rotatable bonds is 8. The first-order chi connectivity index (χ1) is 15.4. The van der Waals surface area contributed by atoms with Crippen LogP contribution >= 0.6 is 23.2 Å². The highest BCUT2D eigenvalue weighted by atomic mass is 35.5. The van der Waals surface area contributed by atoms with Crippen molar-refractivity contribution in [3.63, 3.8) is 0 Å². The van der Waals surface area contributed by atoms with Gasteiger partial charge in [-0.15, -0.1) is 0 Å². The number of amides is 2. The first kappa shape index (κ1) is 23.4. The monoisotopic (exact) mass is 476 g/mol. The van der Waals surface area contributed by atoms with Crippen LogP contribution in [0.4, 0.5) is 10.1 Å². The van der Waals surface area contributed by atoms with E-state index in [4.69, 9.17) is 32.7 Å². The van der Waals surface area contributed by atoms with Gasteiger partial charge in [-0.1, -0.05) is 23.2 Å². The molecule has 3 rings (SSSR count). The highest BCUT2D eigenvalue weighted by Gasteiger charge is 2.13. The molecule has 0 fully saturated rings. The lowest BCUT2D eigenvalue weighted by Gasteiger charge is -2.13. The molecule has 0 saturated heterocycles. The van der Waals surface area contributed by atoms with Gasteiger partial charge in [-0.05, 0) is 60.7 Å². The summed E-state index contributed by atoms with van der Waals surface area (Å²) in [6.07, 6.45) is -0.0148. The molecule has 0 aliphatic heterocycles. The van der Waals surface area contributed by atoms with Gasteiger partial charge in [0.05, 0.1) is 23.4 Å². The highest BCUT2D eigenvalue weighted by Crippen LogP contribution is 2.32. The molecule has 0 unspecified atom stereocenters. The number of nitrogens with one attached hydrogen (secondary N) is 2. The molecule has 3 aromatic rings. The third-order valence-corrected chi connectivity index (χ3v) is 4.86. The summed E-state index contributed by atoms with van der Waals surface area (Å²) in [6.45, 7) is 0.0492. The van der Waals surface area contributed by atoms with Crippen molar-refractivity contribution in [1.29, 1.82) is 0 Å². The quantitative estimate of drug-likeness (QED) is 0.437. The molecule has 0 heterocycles. The van der Waals surface area contributed by atoms with Gasteiger partial charge in [0.25, 0.3) is 5.91 Å². The fourth-order valence-corrected chi connectivity index (χ4v) is 3.16. The molecule has 0 aliphatic carbocycles. The zero-order valence-electron chi connectivity index (χ0n) is 17.0. The second-order valence-electron chi connectivity index (χ2n) is 6.60. The van der Waals surface area contributed by atoms with Crippen LogP contribution in [-0.4, -0.2) is 25.5 Å². The number of hydrogen-bond donors (Lipinski definition) is 2. The Hall–Kier alpha value is -3.29. The summed E-state index contributed by atoms with van der Waals surface area (Å²) in [4.78, 5) is 24.6. The average molecular weight is 477 g/mol. The van der Waals surface area contributed by atoms with Gasteiger partial charge >= 0.3 is 0 Å². The van der Waals surface area contributed by atoms with Gasteiger partial charge in [-0.3, -0.25) is 9.59 Å². The molecule has 3 aromatic carbocycles. The Bertz CT molecular complexity index is 1120. The number of halogens is 3. The van der Waals surface area contributed by atoms with Crippen LogP contribution in [0, 0.1) is 5.82 Å². The third kappa shape index (κ3) is 6.35. The number of benzene rings is 3. The van der Waals surface area contributed by atoms with Crippen LogP contribution in [0.5, 0.6) is 17.2 Å². The van der Waals surface area contributed by atoms with Crippen LogP contribution in [-0.2, 0) is 4.79 Å². The molecule has 0 bridgehead atoms. The summed E-state index contributed by atoms with van der Waals surface area (Å²) >= 11 is 11.9. The topological polar surface area (TPSA) is 76.7 Å². The molecule has 9 heteroatoms. The molecule has 0 aliphatic rings. The van der Waals surface area contributed by atoms with Crippen LogP contribution in [0.1, 0.15) is 16.8 Å². The SMILES string of the molecule is COc1ccc(Oc2ccc(Cl)cc2NC(=O)CCNC(=O)c2ccc(F)cc2Cl)cc1. The van der Waals surface area contributed by atoms with E-state index in [1.54, 1.807) is 49.6 Å². The second-order valence-corrected chi connectivity index (χ2v) is 7.44. The van der Waals surface area contributed by atoms with Gasteiger partial charge in [0, 0.05) is 18.0 Å². The molecule has 0 radical (unpaired) electrons. The number of methoxy groups -OCH3 is 1.